The van der Waals surface area contributed by atoms with E-state index in [0.29, 0.717) is 6.79 Å². The third-order valence-corrected chi connectivity index (χ3v) is 2.41. The zero-order valence-corrected chi connectivity index (χ0v) is 8.25. The molecule has 0 aromatic heterocycles. The molecule has 1 aromatic carbocycles. The van der Waals surface area contributed by atoms with Gasteiger partial charge >= 0.3 is 0 Å². The first-order valence-corrected chi connectivity index (χ1v) is 4.88. The summed E-state index contributed by atoms with van der Waals surface area (Å²) in [5.41, 5.74) is 2.03. The van der Waals surface area contributed by atoms with Crippen LogP contribution in [0, 0.1) is 0 Å². The zero-order valence-electron chi connectivity index (χ0n) is 8.25. The van der Waals surface area contributed by atoms with Gasteiger partial charge in [-0.15, -0.1) is 0 Å². The highest BCUT2D eigenvalue weighted by molar-refractivity contribution is 5.52. The maximum absolute atomic E-state index is 9.18. The predicted molar refractivity (Wildman–Crippen MR) is 52.5 cm³/mol. The van der Waals surface area contributed by atoms with E-state index in [1.807, 2.05) is 12.1 Å². The van der Waals surface area contributed by atoms with Crippen molar-refractivity contribution in [3.05, 3.63) is 23.3 Å². The van der Waals surface area contributed by atoms with Crippen LogP contribution in [0.1, 0.15) is 24.5 Å². The van der Waals surface area contributed by atoms with Crippen molar-refractivity contribution >= 4 is 0 Å². The summed E-state index contributed by atoms with van der Waals surface area (Å²) < 4.78 is 10.7. The Morgan fingerprint density at radius 3 is 2.93 bits per heavy atom. The van der Waals surface area contributed by atoms with Gasteiger partial charge in [-0.1, -0.05) is 19.4 Å². The van der Waals surface area contributed by atoms with Gasteiger partial charge in [0.15, 0.2) is 11.5 Å². The van der Waals surface area contributed by atoms with E-state index in [1.54, 1.807) is 0 Å². The van der Waals surface area contributed by atoms with E-state index in [1.165, 1.54) is 0 Å². The van der Waals surface area contributed by atoms with Crippen molar-refractivity contribution < 1.29 is 14.6 Å². The van der Waals surface area contributed by atoms with Crippen LogP contribution in [0.2, 0.25) is 0 Å². The second-order valence-corrected chi connectivity index (χ2v) is 3.35. The van der Waals surface area contributed by atoms with E-state index < -0.39 is 0 Å². The van der Waals surface area contributed by atoms with Gasteiger partial charge in [0.1, 0.15) is 0 Å². The zero-order chi connectivity index (χ0) is 9.97. The highest BCUT2D eigenvalue weighted by atomic mass is 16.7. The van der Waals surface area contributed by atoms with Crippen LogP contribution in [-0.2, 0) is 13.0 Å². The summed E-state index contributed by atoms with van der Waals surface area (Å²) in [7, 11) is 0. The van der Waals surface area contributed by atoms with Crippen LogP contribution in [-0.4, -0.2) is 11.9 Å². The summed E-state index contributed by atoms with van der Waals surface area (Å²) in [5, 5.41) is 9.18. The topological polar surface area (TPSA) is 38.7 Å². The highest BCUT2D eigenvalue weighted by Gasteiger charge is 2.19. The predicted octanol–water partition coefficient (Wildman–Crippen LogP) is 1.86. The standard InChI is InChI=1S/C11H14O3/c1-2-3-9-8(6-12)4-5-10-11(9)14-7-13-10/h4-5,12H,2-3,6-7H2,1H3. The van der Waals surface area contributed by atoms with Gasteiger partial charge in [0.25, 0.3) is 0 Å². The van der Waals surface area contributed by atoms with E-state index in [-0.39, 0.29) is 6.61 Å². The van der Waals surface area contributed by atoms with Crippen molar-refractivity contribution in [2.75, 3.05) is 6.79 Å². The summed E-state index contributed by atoms with van der Waals surface area (Å²) in [4.78, 5) is 0. The molecule has 1 N–H and O–H groups in total. The average Bonchev–Trinajstić information content (AvgIpc) is 2.67. The van der Waals surface area contributed by atoms with Crippen molar-refractivity contribution in [3.63, 3.8) is 0 Å². The molecule has 0 aliphatic carbocycles. The summed E-state index contributed by atoms with van der Waals surface area (Å²) in [6, 6.07) is 3.76. The van der Waals surface area contributed by atoms with Crippen LogP contribution < -0.4 is 9.47 Å². The SMILES string of the molecule is CCCc1c(CO)ccc2c1OCO2. The molecule has 0 atom stereocenters. The van der Waals surface area contributed by atoms with E-state index in [9.17, 15) is 5.11 Å². The van der Waals surface area contributed by atoms with Gasteiger partial charge in [-0.05, 0) is 18.1 Å². The molecule has 3 nitrogen and oxygen atoms in total. The minimum Gasteiger partial charge on any atom is -0.454 e. The molecule has 0 radical (unpaired) electrons. The lowest BCUT2D eigenvalue weighted by atomic mass is 10.0. The smallest absolute Gasteiger partial charge is 0.231 e. The van der Waals surface area contributed by atoms with Crippen LogP contribution in [0.5, 0.6) is 11.5 Å². The molecular formula is C11H14O3. The Morgan fingerprint density at radius 2 is 2.21 bits per heavy atom. The second-order valence-electron chi connectivity index (χ2n) is 3.35. The van der Waals surface area contributed by atoms with Crippen molar-refractivity contribution in [2.24, 2.45) is 0 Å². The minimum atomic E-state index is 0.0615. The molecule has 0 saturated heterocycles. The van der Waals surface area contributed by atoms with Crippen LogP contribution in [0.25, 0.3) is 0 Å². The number of rotatable bonds is 3. The van der Waals surface area contributed by atoms with E-state index >= 15 is 0 Å². The Bertz CT molecular complexity index is 334. The summed E-state index contributed by atoms with van der Waals surface area (Å²) in [6.07, 6.45) is 1.95. The number of aliphatic hydroxyl groups excluding tert-OH is 1. The van der Waals surface area contributed by atoms with Crippen LogP contribution in [0.3, 0.4) is 0 Å². The fourth-order valence-electron chi connectivity index (χ4n) is 1.74. The van der Waals surface area contributed by atoms with Gasteiger partial charge < -0.3 is 14.6 Å². The molecule has 1 heterocycles. The Kier molecular flexibility index (Phi) is 2.59. The lowest BCUT2D eigenvalue weighted by molar-refractivity contribution is 0.173. The van der Waals surface area contributed by atoms with Crippen LogP contribution in [0.15, 0.2) is 12.1 Å². The van der Waals surface area contributed by atoms with Crippen molar-refractivity contribution in [3.8, 4) is 11.5 Å². The molecule has 2 rings (SSSR count). The first-order chi connectivity index (χ1) is 6.86. The summed E-state index contributed by atoms with van der Waals surface area (Å²) in [5.74, 6) is 1.61. The number of aliphatic hydroxyl groups is 1. The molecule has 14 heavy (non-hydrogen) atoms. The monoisotopic (exact) mass is 194 g/mol. The molecule has 0 amide bonds. The number of benzene rings is 1. The third-order valence-electron chi connectivity index (χ3n) is 2.41. The maximum Gasteiger partial charge on any atom is 0.231 e. The summed E-state index contributed by atoms with van der Waals surface area (Å²) in [6.45, 7) is 2.46. The molecule has 0 unspecified atom stereocenters. The molecule has 3 heteroatoms. The first kappa shape index (κ1) is 9.34. The summed E-state index contributed by atoms with van der Waals surface area (Å²) >= 11 is 0. The normalized spacial score (nSPS) is 13.3. The fraction of sp³-hybridized carbons (Fsp3) is 0.455. The second kappa shape index (κ2) is 3.88. The third kappa shape index (κ3) is 1.44. The quantitative estimate of drug-likeness (QED) is 0.798. The molecule has 1 aromatic rings. The van der Waals surface area contributed by atoms with Crippen molar-refractivity contribution in [1.82, 2.24) is 0 Å². The van der Waals surface area contributed by atoms with E-state index in [2.05, 4.69) is 6.92 Å². The Hall–Kier alpha value is -1.22. The van der Waals surface area contributed by atoms with Crippen molar-refractivity contribution in [2.45, 2.75) is 26.4 Å². The molecule has 0 bridgehead atoms. The number of ether oxygens (including phenoxy) is 2. The van der Waals surface area contributed by atoms with Gasteiger partial charge in [0.2, 0.25) is 6.79 Å². The van der Waals surface area contributed by atoms with E-state index in [4.69, 9.17) is 9.47 Å². The van der Waals surface area contributed by atoms with Crippen LogP contribution >= 0.6 is 0 Å². The van der Waals surface area contributed by atoms with Gasteiger partial charge in [-0.25, -0.2) is 0 Å². The lowest BCUT2D eigenvalue weighted by Gasteiger charge is -2.09. The van der Waals surface area contributed by atoms with Gasteiger partial charge in [-0.2, -0.15) is 0 Å². The number of hydrogen-bond donors (Lipinski definition) is 1. The number of hydrogen-bond acceptors (Lipinski definition) is 3. The fourth-order valence-corrected chi connectivity index (χ4v) is 1.74. The number of fused-ring (bicyclic) bond motifs is 1. The first-order valence-electron chi connectivity index (χ1n) is 4.88. The van der Waals surface area contributed by atoms with Crippen molar-refractivity contribution in [1.29, 1.82) is 0 Å². The van der Waals surface area contributed by atoms with Gasteiger partial charge in [0, 0.05) is 5.56 Å². The Morgan fingerprint density at radius 1 is 1.36 bits per heavy atom. The molecule has 1 aliphatic heterocycles. The average molecular weight is 194 g/mol. The van der Waals surface area contributed by atoms with Gasteiger partial charge in [0.05, 0.1) is 6.61 Å². The van der Waals surface area contributed by atoms with Crippen LogP contribution in [0.4, 0.5) is 0 Å². The molecule has 0 spiro atoms. The lowest BCUT2D eigenvalue weighted by Crippen LogP contribution is -1.97. The molecule has 1 aliphatic rings. The largest absolute Gasteiger partial charge is 0.454 e. The van der Waals surface area contributed by atoms with Gasteiger partial charge in [-0.3, -0.25) is 0 Å². The minimum absolute atomic E-state index is 0.0615. The van der Waals surface area contributed by atoms with E-state index in [0.717, 1.165) is 35.5 Å². The molecule has 76 valence electrons. The maximum atomic E-state index is 9.18. The molecule has 0 saturated carbocycles. The Balaban J connectivity index is 2.45. The molecule has 0 fully saturated rings. The molecular weight excluding hydrogens is 180 g/mol. The Labute approximate surface area is 83.3 Å². The highest BCUT2D eigenvalue weighted by Crippen LogP contribution is 2.38.